The fourth-order valence-electron chi connectivity index (χ4n) is 2.39. The summed E-state index contributed by atoms with van der Waals surface area (Å²) in [6.45, 7) is 1.81. The highest BCUT2D eigenvalue weighted by atomic mass is 35.5. The third-order valence-corrected chi connectivity index (χ3v) is 3.74. The number of oxazole rings is 1. The molecule has 0 spiro atoms. The number of hydrogen-bond donors (Lipinski definition) is 1. The van der Waals surface area contributed by atoms with Crippen LogP contribution >= 0.6 is 11.6 Å². The number of aromatic nitrogens is 4. The first-order valence-electron chi connectivity index (χ1n) is 6.92. The number of rotatable bonds is 2. The summed E-state index contributed by atoms with van der Waals surface area (Å²) in [5.74, 6) is 1.11. The van der Waals surface area contributed by atoms with E-state index in [1.165, 1.54) is 10.6 Å². The molecule has 4 rings (SSSR count). The molecule has 23 heavy (non-hydrogen) atoms. The molecule has 0 fully saturated rings. The molecule has 0 unspecified atom stereocenters. The molecule has 4 aromatic rings. The molecule has 1 N–H and O–H groups in total. The molecule has 0 bridgehead atoms. The van der Waals surface area contributed by atoms with Gasteiger partial charge in [0.15, 0.2) is 5.65 Å². The molecule has 3 heterocycles. The Kier molecular flexibility index (Phi) is 3.06. The van der Waals surface area contributed by atoms with Crippen LogP contribution in [0.1, 0.15) is 5.76 Å². The third kappa shape index (κ3) is 2.33. The lowest BCUT2D eigenvalue weighted by Crippen LogP contribution is -2.14. The van der Waals surface area contributed by atoms with Crippen LogP contribution < -0.4 is 5.56 Å². The SMILES string of the molecule is Cc1cnc(-c2c[nH]n3c(=O)cc(-c4ccc(Cl)cc4)nc23)o1. The van der Waals surface area contributed by atoms with Crippen LogP contribution in [0, 0.1) is 6.92 Å². The number of halogens is 1. The van der Waals surface area contributed by atoms with E-state index in [0.717, 1.165) is 5.56 Å². The molecular weight excluding hydrogens is 316 g/mol. The summed E-state index contributed by atoms with van der Waals surface area (Å²) in [6.07, 6.45) is 3.28. The van der Waals surface area contributed by atoms with E-state index in [2.05, 4.69) is 15.1 Å². The van der Waals surface area contributed by atoms with Crippen LogP contribution in [0.5, 0.6) is 0 Å². The summed E-state index contributed by atoms with van der Waals surface area (Å²) < 4.78 is 6.89. The van der Waals surface area contributed by atoms with Gasteiger partial charge in [0, 0.05) is 22.8 Å². The molecular formula is C16H11ClN4O2. The monoisotopic (exact) mass is 326 g/mol. The van der Waals surface area contributed by atoms with Gasteiger partial charge in [-0.15, -0.1) is 0 Å². The lowest BCUT2D eigenvalue weighted by Gasteiger charge is -2.02. The van der Waals surface area contributed by atoms with Gasteiger partial charge in [-0.2, -0.15) is 0 Å². The lowest BCUT2D eigenvalue weighted by atomic mass is 10.1. The van der Waals surface area contributed by atoms with Gasteiger partial charge >= 0.3 is 0 Å². The van der Waals surface area contributed by atoms with Crippen molar-refractivity contribution in [3.05, 3.63) is 63.9 Å². The van der Waals surface area contributed by atoms with Gasteiger partial charge in [-0.1, -0.05) is 23.7 Å². The zero-order valence-electron chi connectivity index (χ0n) is 12.1. The smallest absolute Gasteiger partial charge is 0.273 e. The predicted molar refractivity (Wildman–Crippen MR) is 86.5 cm³/mol. The summed E-state index contributed by atoms with van der Waals surface area (Å²) in [4.78, 5) is 21.1. The Labute approximate surface area is 135 Å². The van der Waals surface area contributed by atoms with E-state index in [1.54, 1.807) is 24.5 Å². The molecule has 0 aliphatic rings. The first kappa shape index (κ1) is 13.8. The summed E-state index contributed by atoms with van der Waals surface area (Å²) in [6, 6.07) is 8.63. The topological polar surface area (TPSA) is 76.2 Å². The van der Waals surface area contributed by atoms with Crippen molar-refractivity contribution < 1.29 is 4.42 Å². The first-order chi connectivity index (χ1) is 11.1. The Hall–Kier alpha value is -2.86. The Bertz CT molecular complexity index is 1060. The van der Waals surface area contributed by atoms with Crippen LogP contribution in [0.15, 0.2) is 51.9 Å². The zero-order valence-corrected chi connectivity index (χ0v) is 12.8. The maximum Gasteiger partial charge on any atom is 0.273 e. The van der Waals surface area contributed by atoms with Crippen LogP contribution in [0.2, 0.25) is 5.02 Å². The van der Waals surface area contributed by atoms with Gasteiger partial charge in [-0.05, 0) is 19.1 Å². The molecule has 6 nitrogen and oxygen atoms in total. The summed E-state index contributed by atoms with van der Waals surface area (Å²) >= 11 is 5.90. The van der Waals surface area contributed by atoms with Gasteiger partial charge in [0.05, 0.1) is 17.5 Å². The minimum Gasteiger partial charge on any atom is -0.441 e. The minimum atomic E-state index is -0.213. The van der Waals surface area contributed by atoms with Crippen molar-refractivity contribution in [2.75, 3.05) is 0 Å². The number of aromatic amines is 1. The maximum absolute atomic E-state index is 12.3. The van der Waals surface area contributed by atoms with E-state index in [1.807, 2.05) is 19.1 Å². The van der Waals surface area contributed by atoms with Crippen molar-refractivity contribution in [2.24, 2.45) is 0 Å². The first-order valence-corrected chi connectivity index (χ1v) is 7.29. The average molecular weight is 327 g/mol. The molecule has 0 aliphatic heterocycles. The lowest BCUT2D eigenvalue weighted by molar-refractivity contribution is 0.543. The number of nitrogens with one attached hydrogen (secondary N) is 1. The molecule has 7 heteroatoms. The highest BCUT2D eigenvalue weighted by Gasteiger charge is 2.15. The Morgan fingerprint density at radius 2 is 2.04 bits per heavy atom. The second-order valence-corrected chi connectivity index (χ2v) is 5.55. The van der Waals surface area contributed by atoms with E-state index in [9.17, 15) is 4.79 Å². The molecule has 0 saturated carbocycles. The van der Waals surface area contributed by atoms with Crippen molar-refractivity contribution >= 4 is 17.2 Å². The van der Waals surface area contributed by atoms with E-state index in [-0.39, 0.29) is 5.56 Å². The largest absolute Gasteiger partial charge is 0.441 e. The Morgan fingerprint density at radius 3 is 2.74 bits per heavy atom. The fraction of sp³-hybridized carbons (Fsp3) is 0.0625. The number of benzene rings is 1. The molecule has 0 radical (unpaired) electrons. The maximum atomic E-state index is 12.3. The van der Waals surface area contributed by atoms with E-state index in [0.29, 0.717) is 33.6 Å². The number of aryl methyl sites for hydroxylation is 1. The van der Waals surface area contributed by atoms with Crippen molar-refractivity contribution in [2.45, 2.75) is 6.92 Å². The van der Waals surface area contributed by atoms with Crippen molar-refractivity contribution in [3.63, 3.8) is 0 Å². The van der Waals surface area contributed by atoms with Crippen LogP contribution in [0.3, 0.4) is 0 Å². The molecule has 1 aromatic carbocycles. The van der Waals surface area contributed by atoms with Crippen molar-refractivity contribution in [1.82, 2.24) is 19.6 Å². The van der Waals surface area contributed by atoms with E-state index < -0.39 is 0 Å². The van der Waals surface area contributed by atoms with Gasteiger partial charge in [-0.25, -0.2) is 14.5 Å². The van der Waals surface area contributed by atoms with Gasteiger partial charge in [-0.3, -0.25) is 9.89 Å². The molecule has 0 amide bonds. The number of nitrogens with zero attached hydrogens (tertiary/aromatic N) is 3. The molecule has 0 saturated heterocycles. The number of H-pyrrole nitrogens is 1. The Balaban J connectivity index is 1.95. The minimum absolute atomic E-state index is 0.213. The van der Waals surface area contributed by atoms with E-state index in [4.69, 9.17) is 16.0 Å². The van der Waals surface area contributed by atoms with E-state index >= 15 is 0 Å². The second-order valence-electron chi connectivity index (χ2n) is 5.11. The highest BCUT2D eigenvalue weighted by molar-refractivity contribution is 6.30. The fourth-order valence-corrected chi connectivity index (χ4v) is 2.51. The van der Waals surface area contributed by atoms with Crippen molar-refractivity contribution in [3.8, 4) is 22.7 Å². The van der Waals surface area contributed by atoms with Gasteiger partial charge in [0.1, 0.15) is 5.76 Å². The van der Waals surface area contributed by atoms with Crippen LogP contribution in [0.25, 0.3) is 28.4 Å². The Morgan fingerprint density at radius 1 is 1.26 bits per heavy atom. The second kappa shape index (κ2) is 5.10. The highest BCUT2D eigenvalue weighted by Crippen LogP contribution is 2.24. The normalized spacial score (nSPS) is 11.2. The summed E-state index contributed by atoms with van der Waals surface area (Å²) in [5, 5.41) is 3.50. The number of hydrogen-bond acceptors (Lipinski definition) is 4. The summed E-state index contributed by atoms with van der Waals surface area (Å²) in [7, 11) is 0. The van der Waals surface area contributed by atoms with Crippen LogP contribution in [-0.4, -0.2) is 19.6 Å². The van der Waals surface area contributed by atoms with Crippen molar-refractivity contribution in [1.29, 1.82) is 0 Å². The van der Waals surface area contributed by atoms with Gasteiger partial charge in [0.2, 0.25) is 5.89 Å². The molecule has 0 aliphatic carbocycles. The standard InChI is InChI=1S/C16H11ClN4O2/c1-9-7-18-16(23-9)12-8-19-21-14(22)6-13(20-15(12)21)10-2-4-11(17)5-3-10/h2-8,19H,1H3. The third-order valence-electron chi connectivity index (χ3n) is 3.49. The molecule has 0 atom stereocenters. The number of fused-ring (bicyclic) bond motifs is 1. The molecule has 3 aromatic heterocycles. The average Bonchev–Trinajstić information content (AvgIpc) is 3.14. The quantitative estimate of drug-likeness (QED) is 0.613. The van der Waals surface area contributed by atoms with Gasteiger partial charge < -0.3 is 4.42 Å². The molecule has 114 valence electrons. The zero-order chi connectivity index (χ0) is 16.0. The summed E-state index contributed by atoms with van der Waals surface area (Å²) in [5.41, 5.74) is 2.25. The van der Waals surface area contributed by atoms with Crippen LogP contribution in [-0.2, 0) is 0 Å². The van der Waals surface area contributed by atoms with Gasteiger partial charge in [0.25, 0.3) is 5.56 Å². The van der Waals surface area contributed by atoms with Crippen LogP contribution in [0.4, 0.5) is 0 Å². The predicted octanol–water partition coefficient (Wildman–Crippen LogP) is 3.31.